The summed E-state index contributed by atoms with van der Waals surface area (Å²) in [7, 11) is 0. The Bertz CT molecular complexity index is 482. The van der Waals surface area contributed by atoms with E-state index in [1.807, 2.05) is 0 Å². The molecule has 0 bridgehead atoms. The third-order valence-electron chi connectivity index (χ3n) is 3.73. The highest BCUT2D eigenvalue weighted by molar-refractivity contribution is 6.36. The molecule has 98 valence electrons. The zero-order chi connectivity index (χ0) is 13.3. The Balaban J connectivity index is 2.59. The van der Waals surface area contributed by atoms with E-state index in [9.17, 15) is 9.90 Å². The summed E-state index contributed by atoms with van der Waals surface area (Å²) in [5.74, 6) is -0.841. The first-order valence-corrected chi connectivity index (χ1v) is 6.71. The van der Waals surface area contributed by atoms with Crippen molar-refractivity contribution in [2.75, 3.05) is 5.73 Å². The van der Waals surface area contributed by atoms with Crippen LogP contribution in [0.3, 0.4) is 0 Å². The Morgan fingerprint density at radius 2 is 1.83 bits per heavy atom. The number of anilines is 1. The fourth-order valence-electron chi connectivity index (χ4n) is 2.73. The molecule has 0 amide bonds. The number of aliphatic carboxylic acids is 1. The van der Waals surface area contributed by atoms with Gasteiger partial charge in [0.25, 0.3) is 0 Å². The van der Waals surface area contributed by atoms with Gasteiger partial charge in [-0.25, -0.2) is 0 Å². The normalized spacial score (nSPS) is 18.6. The Morgan fingerprint density at radius 3 is 2.39 bits per heavy atom. The van der Waals surface area contributed by atoms with Crippen LogP contribution in [-0.2, 0) is 10.2 Å². The molecular formula is C13H15Cl2NO2. The minimum atomic E-state index is -0.934. The van der Waals surface area contributed by atoms with E-state index in [0.29, 0.717) is 34.1 Å². The van der Waals surface area contributed by atoms with Crippen LogP contribution in [0.2, 0.25) is 10.0 Å². The van der Waals surface area contributed by atoms with E-state index in [1.165, 1.54) is 0 Å². The van der Waals surface area contributed by atoms with Gasteiger partial charge in [0, 0.05) is 5.02 Å². The summed E-state index contributed by atoms with van der Waals surface area (Å²) < 4.78 is 0. The van der Waals surface area contributed by atoms with Crippen molar-refractivity contribution in [2.24, 2.45) is 0 Å². The van der Waals surface area contributed by atoms with Crippen molar-refractivity contribution >= 4 is 34.9 Å². The number of carbonyl (C=O) groups is 1. The summed E-state index contributed by atoms with van der Waals surface area (Å²) in [6, 6.07) is 3.18. The highest BCUT2D eigenvalue weighted by Gasteiger charge is 2.43. The molecular weight excluding hydrogens is 273 g/mol. The van der Waals surface area contributed by atoms with Gasteiger partial charge >= 0.3 is 5.97 Å². The van der Waals surface area contributed by atoms with E-state index in [2.05, 4.69) is 0 Å². The van der Waals surface area contributed by atoms with E-state index >= 15 is 0 Å². The molecule has 1 aromatic carbocycles. The van der Waals surface area contributed by atoms with Crippen LogP contribution < -0.4 is 5.73 Å². The number of carboxylic acid groups (broad SMARTS) is 1. The SMILES string of the molecule is Nc1c(Cl)cc(Cl)cc1C1(C(=O)O)CCCCC1. The topological polar surface area (TPSA) is 63.3 Å². The lowest BCUT2D eigenvalue weighted by Crippen LogP contribution is -2.38. The molecule has 0 atom stereocenters. The largest absolute Gasteiger partial charge is 0.481 e. The molecule has 0 heterocycles. The molecule has 0 saturated heterocycles. The molecule has 0 radical (unpaired) electrons. The van der Waals surface area contributed by atoms with Gasteiger partial charge in [0.2, 0.25) is 0 Å². The van der Waals surface area contributed by atoms with Crippen molar-refractivity contribution in [1.82, 2.24) is 0 Å². The molecule has 1 aromatic rings. The Hall–Kier alpha value is -0.930. The van der Waals surface area contributed by atoms with Crippen molar-refractivity contribution < 1.29 is 9.90 Å². The van der Waals surface area contributed by atoms with Gasteiger partial charge in [-0.05, 0) is 30.5 Å². The van der Waals surface area contributed by atoms with Gasteiger partial charge in [-0.2, -0.15) is 0 Å². The second-order valence-corrected chi connectivity index (χ2v) is 5.64. The lowest BCUT2D eigenvalue weighted by Gasteiger charge is -2.34. The average Bonchev–Trinajstić information content (AvgIpc) is 2.34. The summed E-state index contributed by atoms with van der Waals surface area (Å²) >= 11 is 12.0. The summed E-state index contributed by atoms with van der Waals surface area (Å²) in [6.07, 6.45) is 4.00. The lowest BCUT2D eigenvalue weighted by molar-refractivity contribution is -0.145. The summed E-state index contributed by atoms with van der Waals surface area (Å²) in [6.45, 7) is 0. The molecule has 0 spiro atoms. The molecule has 0 aromatic heterocycles. The van der Waals surface area contributed by atoms with Crippen LogP contribution in [0.5, 0.6) is 0 Å². The number of benzene rings is 1. The molecule has 0 aliphatic heterocycles. The number of hydrogen-bond donors (Lipinski definition) is 2. The zero-order valence-corrected chi connectivity index (χ0v) is 11.4. The predicted octanol–water partition coefficient (Wildman–Crippen LogP) is 3.86. The Morgan fingerprint density at radius 1 is 1.22 bits per heavy atom. The number of halogens is 2. The summed E-state index contributed by atoms with van der Waals surface area (Å²) in [4.78, 5) is 11.7. The van der Waals surface area contributed by atoms with E-state index in [0.717, 1.165) is 19.3 Å². The van der Waals surface area contributed by atoms with Gasteiger partial charge in [0.1, 0.15) is 0 Å². The molecule has 1 fully saturated rings. The minimum absolute atomic E-state index is 0.323. The second-order valence-electron chi connectivity index (χ2n) is 4.80. The lowest BCUT2D eigenvalue weighted by atomic mass is 9.69. The van der Waals surface area contributed by atoms with Crippen LogP contribution in [0.1, 0.15) is 37.7 Å². The standard InChI is InChI=1S/C13H15Cl2NO2/c14-8-6-9(11(16)10(15)7-8)13(12(17)18)4-2-1-3-5-13/h6-7H,1-5,16H2,(H,17,18). The van der Waals surface area contributed by atoms with Crippen molar-refractivity contribution in [3.8, 4) is 0 Å². The monoisotopic (exact) mass is 287 g/mol. The second kappa shape index (κ2) is 4.98. The zero-order valence-electron chi connectivity index (χ0n) is 9.88. The van der Waals surface area contributed by atoms with Crippen LogP contribution >= 0.6 is 23.2 Å². The fraction of sp³-hybridized carbons (Fsp3) is 0.462. The van der Waals surface area contributed by atoms with Gasteiger partial charge < -0.3 is 10.8 Å². The highest BCUT2D eigenvalue weighted by atomic mass is 35.5. The van der Waals surface area contributed by atoms with Crippen LogP contribution in [-0.4, -0.2) is 11.1 Å². The van der Waals surface area contributed by atoms with Crippen LogP contribution in [0.15, 0.2) is 12.1 Å². The smallest absolute Gasteiger partial charge is 0.314 e. The van der Waals surface area contributed by atoms with Gasteiger partial charge in [-0.3, -0.25) is 4.79 Å². The van der Waals surface area contributed by atoms with Gasteiger partial charge in [-0.1, -0.05) is 42.5 Å². The molecule has 5 heteroatoms. The number of nitrogens with two attached hydrogens (primary N) is 1. The van der Waals surface area contributed by atoms with Crippen LogP contribution in [0.25, 0.3) is 0 Å². The number of nitrogen functional groups attached to an aromatic ring is 1. The van der Waals surface area contributed by atoms with Crippen molar-refractivity contribution in [1.29, 1.82) is 0 Å². The maximum atomic E-state index is 11.7. The summed E-state index contributed by atoms with van der Waals surface area (Å²) in [5.41, 5.74) is 5.92. The van der Waals surface area contributed by atoms with Crippen LogP contribution in [0.4, 0.5) is 5.69 Å². The number of hydrogen-bond acceptors (Lipinski definition) is 2. The molecule has 0 unspecified atom stereocenters. The maximum Gasteiger partial charge on any atom is 0.314 e. The maximum absolute atomic E-state index is 11.7. The first-order valence-electron chi connectivity index (χ1n) is 5.96. The van der Waals surface area contributed by atoms with E-state index < -0.39 is 11.4 Å². The van der Waals surface area contributed by atoms with Crippen molar-refractivity contribution in [3.05, 3.63) is 27.7 Å². The van der Waals surface area contributed by atoms with Crippen LogP contribution in [0, 0.1) is 0 Å². The molecule has 18 heavy (non-hydrogen) atoms. The molecule has 1 saturated carbocycles. The van der Waals surface area contributed by atoms with Gasteiger partial charge in [0.05, 0.1) is 16.1 Å². The predicted molar refractivity (Wildman–Crippen MR) is 73.3 cm³/mol. The third-order valence-corrected chi connectivity index (χ3v) is 4.26. The fourth-order valence-corrected chi connectivity index (χ4v) is 3.23. The van der Waals surface area contributed by atoms with E-state index in [-0.39, 0.29) is 0 Å². The van der Waals surface area contributed by atoms with E-state index in [4.69, 9.17) is 28.9 Å². The van der Waals surface area contributed by atoms with Gasteiger partial charge in [-0.15, -0.1) is 0 Å². The quantitative estimate of drug-likeness (QED) is 0.812. The van der Waals surface area contributed by atoms with E-state index in [1.54, 1.807) is 12.1 Å². The molecule has 1 aliphatic carbocycles. The molecule has 2 rings (SSSR count). The molecule has 1 aliphatic rings. The minimum Gasteiger partial charge on any atom is -0.481 e. The first kappa shape index (κ1) is 13.5. The first-order chi connectivity index (χ1) is 8.47. The number of rotatable bonds is 2. The Labute approximate surface area is 116 Å². The average molecular weight is 288 g/mol. The highest BCUT2D eigenvalue weighted by Crippen LogP contribution is 2.44. The number of carboxylic acids is 1. The van der Waals surface area contributed by atoms with Crippen molar-refractivity contribution in [3.63, 3.8) is 0 Å². The Kier molecular flexibility index (Phi) is 3.74. The van der Waals surface area contributed by atoms with Crippen molar-refractivity contribution in [2.45, 2.75) is 37.5 Å². The third kappa shape index (κ3) is 2.17. The molecule has 3 N–H and O–H groups in total. The summed E-state index contributed by atoms with van der Waals surface area (Å²) in [5, 5.41) is 10.4. The molecule has 3 nitrogen and oxygen atoms in total. The van der Waals surface area contributed by atoms with Gasteiger partial charge in [0.15, 0.2) is 0 Å².